The number of hydrogen-bond acceptors (Lipinski definition) is 3. The van der Waals surface area contributed by atoms with Crippen LogP contribution in [0.3, 0.4) is 0 Å². The Morgan fingerprint density at radius 2 is 2.00 bits per heavy atom. The van der Waals surface area contributed by atoms with Gasteiger partial charge in [-0.2, -0.15) is 11.8 Å². The van der Waals surface area contributed by atoms with Crippen LogP contribution in [0.2, 0.25) is 10.0 Å². The van der Waals surface area contributed by atoms with E-state index in [-0.39, 0.29) is 0 Å². The van der Waals surface area contributed by atoms with Crippen LogP contribution in [0.5, 0.6) is 0 Å². The van der Waals surface area contributed by atoms with Gasteiger partial charge < -0.3 is 10.4 Å². The number of rotatable bonds is 7. The van der Waals surface area contributed by atoms with E-state index in [0.29, 0.717) is 27.8 Å². The van der Waals surface area contributed by atoms with Crippen molar-refractivity contribution in [1.82, 2.24) is 5.32 Å². The van der Waals surface area contributed by atoms with E-state index < -0.39 is 17.9 Å². The molecule has 1 amide bonds. The van der Waals surface area contributed by atoms with Crippen molar-refractivity contribution < 1.29 is 14.7 Å². The summed E-state index contributed by atoms with van der Waals surface area (Å²) >= 11 is 13.5. The van der Waals surface area contributed by atoms with Crippen molar-refractivity contribution >= 4 is 52.9 Å². The summed E-state index contributed by atoms with van der Waals surface area (Å²) in [6.45, 7) is 0. The summed E-state index contributed by atoms with van der Waals surface area (Å²) in [6.07, 6.45) is 4.93. The number of carboxylic acid groups (broad SMARTS) is 1. The van der Waals surface area contributed by atoms with Gasteiger partial charge in [0.15, 0.2) is 0 Å². The molecule has 2 N–H and O–H groups in total. The number of nitrogens with one attached hydrogen (secondary N) is 1. The number of thioether (sulfide) groups is 1. The van der Waals surface area contributed by atoms with Gasteiger partial charge in [0.1, 0.15) is 6.04 Å². The van der Waals surface area contributed by atoms with Crippen LogP contribution in [0.1, 0.15) is 12.0 Å². The average molecular weight is 348 g/mol. The fourth-order valence-electron chi connectivity index (χ4n) is 1.54. The van der Waals surface area contributed by atoms with Gasteiger partial charge in [0.2, 0.25) is 5.91 Å². The van der Waals surface area contributed by atoms with Crippen LogP contribution in [0.4, 0.5) is 0 Å². The Bertz CT molecular complexity index is 529. The molecular weight excluding hydrogens is 333 g/mol. The van der Waals surface area contributed by atoms with Gasteiger partial charge in [0, 0.05) is 21.7 Å². The Labute approximate surface area is 137 Å². The maximum absolute atomic E-state index is 11.8. The van der Waals surface area contributed by atoms with Crippen LogP contribution in [0.15, 0.2) is 24.3 Å². The van der Waals surface area contributed by atoms with Crippen molar-refractivity contribution in [2.45, 2.75) is 12.5 Å². The van der Waals surface area contributed by atoms with Crippen molar-refractivity contribution in [3.8, 4) is 0 Å². The van der Waals surface area contributed by atoms with Crippen molar-refractivity contribution in [3.63, 3.8) is 0 Å². The molecule has 0 radical (unpaired) electrons. The lowest BCUT2D eigenvalue weighted by Gasteiger charge is -2.12. The fraction of sp³-hybridized carbons (Fsp3) is 0.286. The first kappa shape index (κ1) is 17.9. The van der Waals surface area contributed by atoms with Gasteiger partial charge in [-0.25, -0.2) is 4.79 Å². The first-order chi connectivity index (χ1) is 9.95. The van der Waals surface area contributed by atoms with Crippen LogP contribution >= 0.6 is 35.0 Å². The standard InChI is InChI=1S/C14H15Cl2NO3S/c1-21-8-7-12(14(19)20)17-13(18)6-5-9-10(15)3-2-4-11(9)16/h2-6,12H,7-8H2,1H3,(H,17,18)(H,19,20)/b6-5+. The molecule has 0 spiro atoms. The van der Waals surface area contributed by atoms with Gasteiger partial charge in [0.25, 0.3) is 0 Å². The van der Waals surface area contributed by atoms with Gasteiger partial charge in [-0.3, -0.25) is 4.79 Å². The molecule has 4 nitrogen and oxygen atoms in total. The van der Waals surface area contributed by atoms with E-state index in [9.17, 15) is 9.59 Å². The van der Waals surface area contributed by atoms with Gasteiger partial charge in [-0.05, 0) is 36.6 Å². The highest BCUT2D eigenvalue weighted by atomic mass is 35.5. The number of aliphatic carboxylic acids is 1. The lowest BCUT2D eigenvalue weighted by Crippen LogP contribution is -2.40. The maximum atomic E-state index is 11.8. The molecule has 0 aromatic heterocycles. The molecule has 0 bridgehead atoms. The largest absolute Gasteiger partial charge is 0.480 e. The lowest BCUT2D eigenvalue weighted by atomic mass is 10.2. The monoisotopic (exact) mass is 347 g/mol. The Morgan fingerprint density at radius 1 is 1.38 bits per heavy atom. The normalized spacial score (nSPS) is 12.3. The zero-order valence-corrected chi connectivity index (χ0v) is 13.6. The summed E-state index contributed by atoms with van der Waals surface area (Å²) in [6, 6.07) is 4.11. The quantitative estimate of drug-likeness (QED) is 0.742. The molecule has 0 aliphatic carbocycles. The predicted octanol–water partition coefficient (Wildman–Crippen LogP) is 3.33. The van der Waals surface area contributed by atoms with Crippen LogP contribution < -0.4 is 5.32 Å². The molecule has 1 rings (SSSR count). The number of carboxylic acids is 1. The molecule has 0 fully saturated rings. The molecule has 1 aromatic carbocycles. The number of benzene rings is 1. The summed E-state index contributed by atoms with van der Waals surface area (Å²) in [4.78, 5) is 22.8. The zero-order chi connectivity index (χ0) is 15.8. The van der Waals surface area contributed by atoms with Crippen LogP contribution in [0.25, 0.3) is 6.08 Å². The molecule has 0 aliphatic heterocycles. The molecule has 0 heterocycles. The maximum Gasteiger partial charge on any atom is 0.326 e. The average Bonchev–Trinajstić information content (AvgIpc) is 2.42. The third-order valence-electron chi connectivity index (χ3n) is 2.63. The first-order valence-electron chi connectivity index (χ1n) is 6.10. The van der Waals surface area contributed by atoms with Crippen molar-refractivity contribution in [1.29, 1.82) is 0 Å². The van der Waals surface area contributed by atoms with Crippen molar-refractivity contribution in [2.24, 2.45) is 0 Å². The number of hydrogen-bond donors (Lipinski definition) is 2. The van der Waals surface area contributed by atoms with Crippen LogP contribution in [-0.4, -0.2) is 35.0 Å². The minimum absolute atomic E-state index is 0.364. The minimum atomic E-state index is -1.05. The second kappa shape index (κ2) is 8.97. The molecule has 1 atom stereocenters. The highest BCUT2D eigenvalue weighted by Crippen LogP contribution is 2.25. The van der Waals surface area contributed by atoms with E-state index in [1.807, 2.05) is 6.26 Å². The highest BCUT2D eigenvalue weighted by Gasteiger charge is 2.18. The third-order valence-corrected chi connectivity index (χ3v) is 3.93. The van der Waals surface area contributed by atoms with Gasteiger partial charge in [-0.15, -0.1) is 0 Å². The topological polar surface area (TPSA) is 66.4 Å². The SMILES string of the molecule is CSCCC(NC(=O)/C=C/c1c(Cl)cccc1Cl)C(=O)O. The summed E-state index contributed by atoms with van der Waals surface area (Å²) in [5, 5.41) is 12.3. The van der Waals surface area contributed by atoms with E-state index in [2.05, 4.69) is 5.32 Å². The molecule has 7 heteroatoms. The lowest BCUT2D eigenvalue weighted by molar-refractivity contribution is -0.141. The van der Waals surface area contributed by atoms with E-state index >= 15 is 0 Å². The van der Waals surface area contributed by atoms with Crippen molar-refractivity contribution in [2.75, 3.05) is 12.0 Å². The molecule has 114 valence electrons. The van der Waals surface area contributed by atoms with E-state index in [4.69, 9.17) is 28.3 Å². The second-order valence-corrected chi connectivity index (χ2v) is 5.95. The summed E-state index contributed by atoms with van der Waals surface area (Å²) < 4.78 is 0. The number of amides is 1. The molecule has 0 saturated heterocycles. The van der Waals surface area contributed by atoms with Crippen molar-refractivity contribution in [3.05, 3.63) is 39.9 Å². The first-order valence-corrected chi connectivity index (χ1v) is 8.25. The third kappa shape index (κ3) is 5.99. The molecule has 21 heavy (non-hydrogen) atoms. The number of halogens is 2. The molecule has 1 aromatic rings. The van der Waals surface area contributed by atoms with E-state index in [0.717, 1.165) is 0 Å². The Balaban J connectivity index is 2.71. The fourth-order valence-corrected chi connectivity index (χ4v) is 2.54. The van der Waals surface area contributed by atoms with Gasteiger partial charge in [0.05, 0.1) is 0 Å². The van der Waals surface area contributed by atoms with E-state index in [1.165, 1.54) is 23.9 Å². The van der Waals surface area contributed by atoms with Gasteiger partial charge >= 0.3 is 5.97 Å². The Kier molecular flexibility index (Phi) is 7.64. The van der Waals surface area contributed by atoms with Gasteiger partial charge in [-0.1, -0.05) is 29.3 Å². The summed E-state index contributed by atoms with van der Waals surface area (Å²) in [7, 11) is 0. The molecule has 0 aliphatic rings. The van der Waals surface area contributed by atoms with E-state index in [1.54, 1.807) is 18.2 Å². The number of carbonyl (C=O) groups is 2. The Morgan fingerprint density at radius 3 is 2.52 bits per heavy atom. The summed E-state index contributed by atoms with van der Waals surface area (Å²) in [5.41, 5.74) is 0.520. The van der Waals surface area contributed by atoms with Crippen LogP contribution in [-0.2, 0) is 9.59 Å². The predicted molar refractivity (Wildman–Crippen MR) is 88.1 cm³/mol. The zero-order valence-electron chi connectivity index (χ0n) is 11.3. The van der Waals surface area contributed by atoms with Crippen LogP contribution in [0, 0.1) is 0 Å². The highest BCUT2D eigenvalue weighted by molar-refractivity contribution is 7.98. The second-order valence-electron chi connectivity index (χ2n) is 4.15. The molecule has 1 unspecified atom stereocenters. The molecular formula is C14H15Cl2NO3S. The summed E-state index contributed by atoms with van der Waals surface area (Å²) in [5.74, 6) is -0.904. The smallest absolute Gasteiger partial charge is 0.326 e. The minimum Gasteiger partial charge on any atom is -0.480 e. The Hall–Kier alpha value is -1.17. The number of carbonyl (C=O) groups excluding carboxylic acids is 1. The molecule has 0 saturated carbocycles.